The number of halogens is 1. The fourth-order valence-corrected chi connectivity index (χ4v) is 2.79. The van der Waals surface area contributed by atoms with Crippen molar-refractivity contribution in [3.8, 4) is 0 Å². The van der Waals surface area contributed by atoms with Gasteiger partial charge in [-0.25, -0.2) is 4.79 Å². The van der Waals surface area contributed by atoms with Gasteiger partial charge >= 0.3 is 11.9 Å². The summed E-state index contributed by atoms with van der Waals surface area (Å²) in [6.07, 6.45) is 0.489. The largest absolute Gasteiger partial charge is 0.469 e. The predicted octanol–water partition coefficient (Wildman–Crippen LogP) is 4.90. The minimum atomic E-state index is -0.534. The Morgan fingerprint density at radius 1 is 1.00 bits per heavy atom. The molecule has 0 amide bonds. The van der Waals surface area contributed by atoms with Gasteiger partial charge in [0.15, 0.2) is 0 Å². The number of rotatable bonds is 5. The van der Waals surface area contributed by atoms with Crippen LogP contribution in [0.3, 0.4) is 0 Å². The highest BCUT2D eigenvalue weighted by Gasteiger charge is 2.22. The molecule has 0 aliphatic heterocycles. The summed E-state index contributed by atoms with van der Waals surface area (Å²) in [4.78, 5) is 24.3. The molecule has 2 aromatic carbocycles. The van der Waals surface area contributed by atoms with Crippen molar-refractivity contribution in [2.24, 2.45) is 0 Å². The summed E-state index contributed by atoms with van der Waals surface area (Å²) in [6.45, 7) is 5.50. The highest BCUT2D eigenvalue weighted by Crippen LogP contribution is 2.25. The van der Waals surface area contributed by atoms with E-state index in [0.717, 1.165) is 15.6 Å². The molecule has 26 heavy (non-hydrogen) atoms. The van der Waals surface area contributed by atoms with Crippen LogP contribution in [0.25, 0.3) is 0 Å². The van der Waals surface area contributed by atoms with E-state index in [4.69, 9.17) is 9.47 Å². The molecule has 1 unspecified atom stereocenters. The first-order valence-corrected chi connectivity index (χ1v) is 9.14. The van der Waals surface area contributed by atoms with Crippen LogP contribution in [0.5, 0.6) is 0 Å². The summed E-state index contributed by atoms with van der Waals surface area (Å²) < 4.78 is 11.3. The summed E-state index contributed by atoms with van der Waals surface area (Å²) in [7, 11) is 1.39. The van der Waals surface area contributed by atoms with Crippen LogP contribution < -0.4 is 0 Å². The van der Waals surface area contributed by atoms with Gasteiger partial charge in [0.1, 0.15) is 5.60 Å². The van der Waals surface area contributed by atoms with Gasteiger partial charge in [-0.15, -0.1) is 0 Å². The molecule has 4 nitrogen and oxygen atoms in total. The van der Waals surface area contributed by atoms with Crippen LogP contribution in [0.1, 0.15) is 48.2 Å². The number of methoxy groups -OCH3 is 1. The molecule has 1 atom stereocenters. The van der Waals surface area contributed by atoms with Gasteiger partial charge in [0, 0.05) is 4.47 Å². The minimum absolute atomic E-state index is 0.288. The van der Waals surface area contributed by atoms with Crippen molar-refractivity contribution in [2.75, 3.05) is 7.11 Å². The molecule has 138 valence electrons. The maximum atomic E-state index is 12.2. The van der Waals surface area contributed by atoms with E-state index < -0.39 is 11.5 Å². The predicted molar refractivity (Wildman–Crippen MR) is 104 cm³/mol. The molecule has 5 heteroatoms. The molecule has 0 spiro atoms. The van der Waals surface area contributed by atoms with Gasteiger partial charge in [-0.3, -0.25) is 4.79 Å². The first-order chi connectivity index (χ1) is 12.2. The molecular weight excluding hydrogens is 396 g/mol. The van der Waals surface area contributed by atoms with Crippen LogP contribution in [-0.4, -0.2) is 24.6 Å². The van der Waals surface area contributed by atoms with Crippen molar-refractivity contribution in [2.45, 2.75) is 38.7 Å². The monoisotopic (exact) mass is 418 g/mol. The minimum Gasteiger partial charge on any atom is -0.469 e. The van der Waals surface area contributed by atoms with Crippen molar-refractivity contribution in [3.63, 3.8) is 0 Å². The molecule has 0 saturated heterocycles. The van der Waals surface area contributed by atoms with Gasteiger partial charge in [-0.1, -0.05) is 40.2 Å². The summed E-state index contributed by atoms with van der Waals surface area (Å²) in [6, 6.07) is 14.7. The number of ether oxygens (including phenoxy) is 2. The zero-order chi connectivity index (χ0) is 19.3. The third-order valence-electron chi connectivity index (χ3n) is 3.79. The van der Waals surface area contributed by atoms with Crippen molar-refractivity contribution >= 4 is 27.9 Å². The van der Waals surface area contributed by atoms with Gasteiger partial charge in [-0.05, 0) is 62.6 Å². The van der Waals surface area contributed by atoms with E-state index in [1.165, 1.54) is 7.11 Å². The van der Waals surface area contributed by atoms with E-state index in [0.29, 0.717) is 12.0 Å². The Kier molecular flexibility index (Phi) is 6.59. The SMILES string of the molecule is COC(=O)C(Cc1ccc(C(=O)OC(C)(C)C)cc1)c1ccc(Br)cc1. The normalized spacial score (nSPS) is 12.3. The van der Waals surface area contributed by atoms with Crippen LogP contribution >= 0.6 is 15.9 Å². The van der Waals surface area contributed by atoms with E-state index in [9.17, 15) is 9.59 Å². The Labute approximate surface area is 162 Å². The van der Waals surface area contributed by atoms with Crippen LogP contribution in [0, 0.1) is 0 Å². The number of hydrogen-bond acceptors (Lipinski definition) is 4. The third kappa shape index (κ3) is 5.70. The van der Waals surface area contributed by atoms with E-state index in [-0.39, 0.29) is 11.9 Å². The maximum absolute atomic E-state index is 12.2. The van der Waals surface area contributed by atoms with Crippen molar-refractivity contribution in [1.29, 1.82) is 0 Å². The molecule has 0 aliphatic rings. The van der Waals surface area contributed by atoms with E-state index in [1.807, 2.05) is 57.2 Å². The number of benzene rings is 2. The second kappa shape index (κ2) is 8.49. The lowest BCUT2D eigenvalue weighted by atomic mass is 9.91. The Morgan fingerprint density at radius 3 is 2.08 bits per heavy atom. The van der Waals surface area contributed by atoms with Crippen LogP contribution in [0.2, 0.25) is 0 Å². The zero-order valence-electron chi connectivity index (χ0n) is 15.4. The molecule has 2 rings (SSSR count). The van der Waals surface area contributed by atoms with Crippen LogP contribution in [-0.2, 0) is 20.7 Å². The summed E-state index contributed by atoms with van der Waals surface area (Å²) in [5, 5.41) is 0. The van der Waals surface area contributed by atoms with E-state index in [2.05, 4.69) is 15.9 Å². The maximum Gasteiger partial charge on any atom is 0.338 e. The van der Waals surface area contributed by atoms with E-state index >= 15 is 0 Å². The van der Waals surface area contributed by atoms with Gasteiger partial charge in [0.25, 0.3) is 0 Å². The van der Waals surface area contributed by atoms with Gasteiger partial charge < -0.3 is 9.47 Å². The fourth-order valence-electron chi connectivity index (χ4n) is 2.52. The second-order valence-electron chi connectivity index (χ2n) is 7.03. The van der Waals surface area contributed by atoms with Gasteiger partial charge in [-0.2, -0.15) is 0 Å². The molecule has 0 saturated carbocycles. The average molecular weight is 419 g/mol. The van der Waals surface area contributed by atoms with Crippen molar-refractivity contribution in [3.05, 3.63) is 69.7 Å². The summed E-state index contributed by atoms with van der Waals surface area (Å²) in [5.74, 6) is -1.05. The summed E-state index contributed by atoms with van der Waals surface area (Å²) >= 11 is 3.40. The van der Waals surface area contributed by atoms with Crippen molar-refractivity contribution in [1.82, 2.24) is 0 Å². The fraction of sp³-hybridized carbons (Fsp3) is 0.333. The number of carbonyl (C=O) groups is 2. The van der Waals surface area contributed by atoms with Crippen LogP contribution in [0.4, 0.5) is 0 Å². The number of hydrogen-bond donors (Lipinski definition) is 0. The Hall–Kier alpha value is -2.14. The Balaban J connectivity index is 2.17. The standard InChI is InChI=1S/C21H23BrO4/c1-21(2,3)26-19(23)16-7-5-14(6-8-16)13-18(20(24)25-4)15-9-11-17(22)12-10-15/h5-12,18H,13H2,1-4H3. The average Bonchev–Trinajstić information content (AvgIpc) is 2.59. The molecule has 0 bridgehead atoms. The topological polar surface area (TPSA) is 52.6 Å². The molecule has 0 aliphatic carbocycles. The Morgan fingerprint density at radius 2 is 1.58 bits per heavy atom. The lowest BCUT2D eigenvalue weighted by Crippen LogP contribution is -2.23. The molecule has 0 aromatic heterocycles. The molecular formula is C21H23BrO4. The van der Waals surface area contributed by atoms with Crippen molar-refractivity contribution < 1.29 is 19.1 Å². The molecule has 2 aromatic rings. The highest BCUT2D eigenvalue weighted by atomic mass is 79.9. The van der Waals surface area contributed by atoms with E-state index in [1.54, 1.807) is 12.1 Å². The molecule has 0 radical (unpaired) electrons. The first-order valence-electron chi connectivity index (χ1n) is 8.35. The number of esters is 2. The zero-order valence-corrected chi connectivity index (χ0v) is 17.0. The lowest BCUT2D eigenvalue weighted by molar-refractivity contribution is -0.142. The van der Waals surface area contributed by atoms with Gasteiger partial charge in [0.05, 0.1) is 18.6 Å². The molecule has 0 fully saturated rings. The quantitative estimate of drug-likeness (QED) is 0.647. The number of carbonyl (C=O) groups excluding carboxylic acids is 2. The third-order valence-corrected chi connectivity index (χ3v) is 4.32. The molecule has 0 heterocycles. The molecule has 0 N–H and O–H groups in total. The summed E-state index contributed by atoms with van der Waals surface area (Å²) in [5.41, 5.74) is 1.78. The Bertz CT molecular complexity index is 758. The highest BCUT2D eigenvalue weighted by molar-refractivity contribution is 9.10. The smallest absolute Gasteiger partial charge is 0.338 e. The van der Waals surface area contributed by atoms with Crippen LogP contribution in [0.15, 0.2) is 53.0 Å². The lowest BCUT2D eigenvalue weighted by Gasteiger charge is -2.19. The van der Waals surface area contributed by atoms with Gasteiger partial charge in [0.2, 0.25) is 0 Å². The first kappa shape index (κ1) is 20.2. The second-order valence-corrected chi connectivity index (χ2v) is 7.95.